The van der Waals surface area contributed by atoms with Crippen LogP contribution in [0, 0.1) is 17.5 Å². The molecule has 1 aromatic rings. The maximum Gasteiger partial charge on any atom is 0.320 e. The summed E-state index contributed by atoms with van der Waals surface area (Å²) in [6, 6.07) is -0.0982. The summed E-state index contributed by atoms with van der Waals surface area (Å²) in [5, 5.41) is 8.47. The van der Waals surface area contributed by atoms with E-state index in [1.54, 1.807) is 0 Å². The predicted molar refractivity (Wildman–Crippen MR) is 50.2 cm³/mol. The normalized spacial score (nSPS) is 12.5. The SMILES string of the molecule is N[C@@H](CCc1c(F)cc(F)cc1F)C(=O)O. The lowest BCUT2D eigenvalue weighted by molar-refractivity contribution is -0.138. The maximum absolute atomic E-state index is 13.1. The molecule has 0 fully saturated rings. The van der Waals surface area contributed by atoms with E-state index in [0.717, 1.165) is 0 Å². The second kappa shape index (κ2) is 4.98. The van der Waals surface area contributed by atoms with E-state index < -0.39 is 29.5 Å². The molecule has 0 spiro atoms. The quantitative estimate of drug-likeness (QED) is 0.827. The first-order valence-corrected chi connectivity index (χ1v) is 4.53. The van der Waals surface area contributed by atoms with Crippen LogP contribution >= 0.6 is 0 Å². The molecule has 6 heteroatoms. The van der Waals surface area contributed by atoms with Gasteiger partial charge in [-0.15, -0.1) is 0 Å². The molecule has 0 aromatic heterocycles. The zero-order valence-corrected chi connectivity index (χ0v) is 8.21. The van der Waals surface area contributed by atoms with Crippen molar-refractivity contribution in [1.82, 2.24) is 0 Å². The Morgan fingerprint density at radius 3 is 2.25 bits per heavy atom. The molecule has 0 aliphatic rings. The van der Waals surface area contributed by atoms with E-state index in [1.165, 1.54) is 0 Å². The van der Waals surface area contributed by atoms with Crippen molar-refractivity contribution in [3.05, 3.63) is 35.1 Å². The van der Waals surface area contributed by atoms with Crippen LogP contribution in [0.1, 0.15) is 12.0 Å². The molecule has 0 saturated carbocycles. The summed E-state index contributed by atoms with van der Waals surface area (Å²) >= 11 is 0. The molecule has 88 valence electrons. The van der Waals surface area contributed by atoms with Crippen LogP contribution in [0.15, 0.2) is 12.1 Å². The first-order valence-electron chi connectivity index (χ1n) is 4.53. The van der Waals surface area contributed by atoms with Gasteiger partial charge in [0.25, 0.3) is 0 Å². The minimum absolute atomic E-state index is 0.116. The minimum Gasteiger partial charge on any atom is -0.480 e. The van der Waals surface area contributed by atoms with Gasteiger partial charge in [-0.05, 0) is 12.8 Å². The molecule has 0 aliphatic heterocycles. The van der Waals surface area contributed by atoms with Crippen LogP contribution in [0.3, 0.4) is 0 Å². The van der Waals surface area contributed by atoms with Crippen LogP contribution in [0.25, 0.3) is 0 Å². The van der Waals surface area contributed by atoms with Crippen LogP contribution < -0.4 is 5.73 Å². The zero-order chi connectivity index (χ0) is 12.3. The number of hydrogen-bond donors (Lipinski definition) is 2. The predicted octanol–water partition coefficient (Wildman–Crippen LogP) is 1.45. The van der Waals surface area contributed by atoms with Gasteiger partial charge in [-0.1, -0.05) is 0 Å². The number of aliphatic carboxylic acids is 1. The number of rotatable bonds is 4. The van der Waals surface area contributed by atoms with E-state index in [4.69, 9.17) is 10.8 Å². The molecule has 0 aliphatic carbocycles. The Kier molecular flexibility index (Phi) is 3.89. The zero-order valence-electron chi connectivity index (χ0n) is 8.21. The largest absolute Gasteiger partial charge is 0.480 e. The van der Waals surface area contributed by atoms with Gasteiger partial charge in [0.05, 0.1) is 0 Å². The second-order valence-corrected chi connectivity index (χ2v) is 3.33. The van der Waals surface area contributed by atoms with E-state index in [9.17, 15) is 18.0 Å². The first kappa shape index (κ1) is 12.5. The van der Waals surface area contributed by atoms with E-state index in [-0.39, 0.29) is 18.4 Å². The number of carbonyl (C=O) groups is 1. The molecule has 3 nitrogen and oxygen atoms in total. The van der Waals surface area contributed by atoms with E-state index in [1.807, 2.05) is 0 Å². The number of nitrogens with two attached hydrogens (primary N) is 1. The Balaban J connectivity index is 2.78. The molecule has 0 bridgehead atoms. The third kappa shape index (κ3) is 2.96. The van der Waals surface area contributed by atoms with Gasteiger partial charge in [0, 0.05) is 17.7 Å². The monoisotopic (exact) mass is 233 g/mol. The second-order valence-electron chi connectivity index (χ2n) is 3.33. The van der Waals surface area contributed by atoms with Crippen molar-refractivity contribution in [3.8, 4) is 0 Å². The fourth-order valence-electron chi connectivity index (χ4n) is 1.23. The van der Waals surface area contributed by atoms with Crippen LogP contribution in [-0.2, 0) is 11.2 Å². The van der Waals surface area contributed by atoms with Gasteiger partial charge in [0.2, 0.25) is 0 Å². The summed E-state index contributed by atoms with van der Waals surface area (Å²) in [5.41, 5.74) is 4.83. The van der Waals surface area contributed by atoms with Gasteiger partial charge >= 0.3 is 5.97 Å². The van der Waals surface area contributed by atoms with Crippen molar-refractivity contribution in [2.75, 3.05) is 0 Å². The Morgan fingerprint density at radius 1 is 1.31 bits per heavy atom. The molecule has 0 saturated heterocycles. The van der Waals surface area contributed by atoms with Crippen molar-refractivity contribution >= 4 is 5.97 Å². The fourth-order valence-corrected chi connectivity index (χ4v) is 1.23. The minimum atomic E-state index is -1.25. The van der Waals surface area contributed by atoms with Crippen LogP contribution in [0.4, 0.5) is 13.2 Å². The molecule has 0 radical (unpaired) electrons. The Labute approximate surface area is 89.7 Å². The van der Waals surface area contributed by atoms with Crippen LogP contribution in [0.5, 0.6) is 0 Å². The molecule has 1 aromatic carbocycles. The molecule has 0 unspecified atom stereocenters. The lowest BCUT2D eigenvalue weighted by atomic mass is 10.0. The summed E-state index contributed by atoms with van der Waals surface area (Å²) < 4.78 is 38.7. The third-order valence-corrected chi connectivity index (χ3v) is 2.13. The number of carboxylic acid groups (broad SMARTS) is 1. The summed E-state index contributed by atoms with van der Waals surface area (Å²) in [6.07, 6.45) is -0.305. The number of hydrogen-bond acceptors (Lipinski definition) is 2. The lowest BCUT2D eigenvalue weighted by Crippen LogP contribution is -2.30. The molecule has 16 heavy (non-hydrogen) atoms. The van der Waals surface area contributed by atoms with Gasteiger partial charge in [-0.3, -0.25) is 4.79 Å². The Hall–Kier alpha value is -1.56. The van der Waals surface area contributed by atoms with Crippen LogP contribution in [-0.4, -0.2) is 17.1 Å². The van der Waals surface area contributed by atoms with Crippen molar-refractivity contribution in [3.63, 3.8) is 0 Å². The standard InChI is InChI=1S/C10H10F3NO2/c11-5-3-7(12)6(8(13)4-5)1-2-9(14)10(15)16/h3-4,9H,1-2,14H2,(H,15,16)/t9-/m0/s1. The summed E-state index contributed by atoms with van der Waals surface area (Å²) in [7, 11) is 0. The van der Waals surface area contributed by atoms with Gasteiger partial charge in [-0.25, -0.2) is 13.2 Å². The van der Waals surface area contributed by atoms with E-state index in [0.29, 0.717) is 12.1 Å². The van der Waals surface area contributed by atoms with Gasteiger partial charge < -0.3 is 10.8 Å². The Morgan fingerprint density at radius 2 is 1.81 bits per heavy atom. The van der Waals surface area contributed by atoms with E-state index >= 15 is 0 Å². The lowest BCUT2D eigenvalue weighted by Gasteiger charge is -2.08. The highest BCUT2D eigenvalue weighted by Crippen LogP contribution is 2.16. The highest BCUT2D eigenvalue weighted by Gasteiger charge is 2.16. The van der Waals surface area contributed by atoms with E-state index in [2.05, 4.69) is 0 Å². The smallest absolute Gasteiger partial charge is 0.320 e. The van der Waals surface area contributed by atoms with Gasteiger partial charge in [0.1, 0.15) is 23.5 Å². The molecule has 1 atom stereocenters. The molecule has 0 heterocycles. The molecular formula is C10H10F3NO2. The topological polar surface area (TPSA) is 63.3 Å². The maximum atomic E-state index is 13.1. The summed E-state index contributed by atoms with van der Waals surface area (Å²) in [4.78, 5) is 10.4. The summed E-state index contributed by atoms with van der Waals surface area (Å²) in [5.74, 6) is -4.32. The molecular weight excluding hydrogens is 223 g/mol. The molecule has 1 rings (SSSR count). The van der Waals surface area contributed by atoms with Gasteiger partial charge in [-0.2, -0.15) is 0 Å². The highest BCUT2D eigenvalue weighted by molar-refractivity contribution is 5.73. The van der Waals surface area contributed by atoms with Gasteiger partial charge in [0.15, 0.2) is 0 Å². The molecule has 0 amide bonds. The molecule has 3 N–H and O–H groups in total. The van der Waals surface area contributed by atoms with Crippen molar-refractivity contribution < 1.29 is 23.1 Å². The Bertz CT molecular complexity index is 386. The number of halogens is 3. The first-order chi connectivity index (χ1) is 7.41. The average Bonchev–Trinajstić information content (AvgIpc) is 2.15. The highest BCUT2D eigenvalue weighted by atomic mass is 19.1. The van der Waals surface area contributed by atoms with Crippen LogP contribution in [0.2, 0.25) is 0 Å². The van der Waals surface area contributed by atoms with Crippen molar-refractivity contribution in [1.29, 1.82) is 0 Å². The number of carboxylic acids is 1. The average molecular weight is 233 g/mol. The summed E-state index contributed by atoms with van der Waals surface area (Å²) in [6.45, 7) is 0. The van der Waals surface area contributed by atoms with Crippen molar-refractivity contribution in [2.45, 2.75) is 18.9 Å². The number of benzene rings is 1. The van der Waals surface area contributed by atoms with Crippen molar-refractivity contribution in [2.24, 2.45) is 5.73 Å². The fraction of sp³-hybridized carbons (Fsp3) is 0.300. The third-order valence-electron chi connectivity index (χ3n) is 2.13.